The summed E-state index contributed by atoms with van der Waals surface area (Å²) in [6.07, 6.45) is 0. The fraction of sp³-hybridized carbons (Fsp3) is 0.118. The molecule has 0 aliphatic heterocycles. The van der Waals surface area contributed by atoms with Gasteiger partial charge in [-0.15, -0.1) is 10.2 Å². The molecule has 0 saturated carbocycles. The van der Waals surface area contributed by atoms with Gasteiger partial charge < -0.3 is 14.8 Å². The molecule has 1 heterocycles. The van der Waals surface area contributed by atoms with Crippen LogP contribution < -0.4 is 20.1 Å². The highest BCUT2D eigenvalue weighted by molar-refractivity contribution is 7.18. The highest BCUT2D eigenvalue weighted by atomic mass is 32.1. The van der Waals surface area contributed by atoms with E-state index in [0.717, 1.165) is 11.3 Å². The molecular weight excluding hydrogens is 340 g/mol. The monoisotopic (exact) mass is 356 g/mol. The Morgan fingerprint density at radius 3 is 2.44 bits per heavy atom. The number of urea groups is 1. The summed E-state index contributed by atoms with van der Waals surface area (Å²) in [5.41, 5.74) is 1.49. The Kier molecular flexibility index (Phi) is 5.10. The summed E-state index contributed by atoms with van der Waals surface area (Å²) < 4.78 is 10.3. The third-order valence-corrected chi connectivity index (χ3v) is 4.18. The molecule has 128 valence electrons. The summed E-state index contributed by atoms with van der Waals surface area (Å²) in [4.78, 5) is 12.1. The number of aromatic nitrogens is 2. The molecule has 25 heavy (non-hydrogen) atoms. The van der Waals surface area contributed by atoms with Crippen LogP contribution in [0.3, 0.4) is 0 Å². The lowest BCUT2D eigenvalue weighted by Gasteiger charge is -2.06. The van der Waals surface area contributed by atoms with Crippen molar-refractivity contribution in [3.63, 3.8) is 0 Å². The first-order valence-electron chi connectivity index (χ1n) is 7.38. The van der Waals surface area contributed by atoms with E-state index in [0.29, 0.717) is 21.6 Å². The molecule has 8 heteroatoms. The molecule has 2 amide bonds. The third kappa shape index (κ3) is 4.24. The minimum Gasteiger partial charge on any atom is -0.497 e. The molecule has 2 N–H and O–H groups in total. The summed E-state index contributed by atoms with van der Waals surface area (Å²) in [7, 11) is 3.18. The average Bonchev–Trinajstić information content (AvgIpc) is 3.10. The smallest absolute Gasteiger partial charge is 0.325 e. The molecule has 3 rings (SSSR count). The normalized spacial score (nSPS) is 10.2. The predicted molar refractivity (Wildman–Crippen MR) is 97.5 cm³/mol. The largest absolute Gasteiger partial charge is 0.497 e. The molecule has 0 radical (unpaired) electrons. The summed E-state index contributed by atoms with van der Waals surface area (Å²) in [5.74, 6) is 1.40. The van der Waals surface area contributed by atoms with Gasteiger partial charge in [-0.3, -0.25) is 5.32 Å². The van der Waals surface area contributed by atoms with Crippen LogP contribution in [0.15, 0.2) is 48.5 Å². The van der Waals surface area contributed by atoms with Crippen LogP contribution in [0.5, 0.6) is 11.5 Å². The maximum absolute atomic E-state index is 12.1. The molecule has 0 aliphatic carbocycles. The number of ether oxygens (including phenoxy) is 2. The maximum Gasteiger partial charge on any atom is 0.325 e. The van der Waals surface area contributed by atoms with E-state index >= 15 is 0 Å². The number of methoxy groups -OCH3 is 2. The second-order valence-electron chi connectivity index (χ2n) is 4.96. The summed E-state index contributed by atoms with van der Waals surface area (Å²) >= 11 is 1.28. The number of hydrogen-bond donors (Lipinski definition) is 2. The molecule has 0 aliphatic rings. The van der Waals surface area contributed by atoms with Gasteiger partial charge in [-0.2, -0.15) is 0 Å². The first kappa shape index (κ1) is 16.7. The minimum absolute atomic E-state index is 0.401. The van der Waals surface area contributed by atoms with Gasteiger partial charge in [0.2, 0.25) is 5.13 Å². The van der Waals surface area contributed by atoms with Gasteiger partial charge in [0.25, 0.3) is 0 Å². The number of carbonyl (C=O) groups is 1. The number of hydrogen-bond acceptors (Lipinski definition) is 6. The quantitative estimate of drug-likeness (QED) is 0.725. The number of benzene rings is 2. The Morgan fingerprint density at radius 2 is 1.68 bits per heavy atom. The van der Waals surface area contributed by atoms with Gasteiger partial charge in [-0.1, -0.05) is 29.5 Å². The van der Waals surface area contributed by atoms with Gasteiger partial charge in [0.15, 0.2) is 0 Å². The minimum atomic E-state index is -0.401. The molecule has 0 saturated heterocycles. The van der Waals surface area contributed by atoms with Crippen LogP contribution in [-0.2, 0) is 0 Å². The lowest BCUT2D eigenvalue weighted by molar-refractivity contribution is 0.262. The van der Waals surface area contributed by atoms with Crippen molar-refractivity contribution in [2.24, 2.45) is 0 Å². The molecule has 1 aromatic heterocycles. The first-order chi connectivity index (χ1) is 12.2. The highest BCUT2D eigenvalue weighted by Gasteiger charge is 2.10. The zero-order valence-corrected chi connectivity index (χ0v) is 14.5. The van der Waals surface area contributed by atoms with Gasteiger partial charge in [-0.25, -0.2) is 4.79 Å². The molecule has 2 aromatic carbocycles. The van der Waals surface area contributed by atoms with Crippen molar-refractivity contribution in [1.29, 1.82) is 0 Å². The van der Waals surface area contributed by atoms with Gasteiger partial charge >= 0.3 is 6.03 Å². The van der Waals surface area contributed by atoms with Crippen molar-refractivity contribution < 1.29 is 14.3 Å². The van der Waals surface area contributed by atoms with E-state index in [2.05, 4.69) is 20.8 Å². The summed E-state index contributed by atoms with van der Waals surface area (Å²) in [6, 6.07) is 14.2. The Balaban J connectivity index is 1.67. The van der Waals surface area contributed by atoms with E-state index in [1.54, 1.807) is 38.5 Å². The number of rotatable bonds is 5. The number of nitrogens with one attached hydrogen (secondary N) is 2. The van der Waals surface area contributed by atoms with Gasteiger partial charge in [0, 0.05) is 17.3 Å². The maximum atomic E-state index is 12.1. The highest BCUT2D eigenvalue weighted by Crippen LogP contribution is 2.28. The molecule has 0 unspecified atom stereocenters. The summed E-state index contributed by atoms with van der Waals surface area (Å²) in [6.45, 7) is 0. The standard InChI is InChI=1S/C17H16N4O3S/c1-23-13-7-3-5-11(9-13)15-20-21-17(25-15)19-16(22)18-12-6-4-8-14(10-12)24-2/h3-10H,1-2H3,(H2,18,19,21,22). The molecule has 0 bridgehead atoms. The Labute approximate surface area is 148 Å². The van der Waals surface area contributed by atoms with E-state index in [-0.39, 0.29) is 0 Å². The van der Waals surface area contributed by atoms with E-state index in [9.17, 15) is 4.79 Å². The van der Waals surface area contributed by atoms with Gasteiger partial charge in [0.05, 0.1) is 14.2 Å². The fourth-order valence-electron chi connectivity index (χ4n) is 2.11. The van der Waals surface area contributed by atoms with E-state index in [1.165, 1.54) is 11.3 Å². The number of carbonyl (C=O) groups excluding carboxylic acids is 1. The second-order valence-corrected chi connectivity index (χ2v) is 5.93. The fourth-order valence-corrected chi connectivity index (χ4v) is 2.84. The molecule has 0 spiro atoms. The van der Waals surface area contributed by atoms with Crippen molar-refractivity contribution in [2.75, 3.05) is 24.9 Å². The van der Waals surface area contributed by atoms with E-state index < -0.39 is 6.03 Å². The zero-order chi connectivity index (χ0) is 17.6. The SMILES string of the molecule is COc1cccc(NC(=O)Nc2nnc(-c3cccc(OC)c3)s2)c1. The molecular formula is C17H16N4O3S. The zero-order valence-electron chi connectivity index (χ0n) is 13.6. The predicted octanol–water partition coefficient (Wildman–Crippen LogP) is 3.87. The van der Waals surface area contributed by atoms with Crippen LogP contribution >= 0.6 is 11.3 Å². The molecule has 7 nitrogen and oxygen atoms in total. The lowest BCUT2D eigenvalue weighted by Crippen LogP contribution is -2.19. The number of amides is 2. The van der Waals surface area contributed by atoms with Gasteiger partial charge in [-0.05, 0) is 24.3 Å². The molecule has 3 aromatic rings. The van der Waals surface area contributed by atoms with Crippen LogP contribution in [0.2, 0.25) is 0 Å². The Bertz CT molecular complexity index is 882. The van der Waals surface area contributed by atoms with Crippen LogP contribution in [0, 0.1) is 0 Å². The Morgan fingerprint density at radius 1 is 0.960 bits per heavy atom. The van der Waals surface area contributed by atoms with Crippen LogP contribution in [-0.4, -0.2) is 30.4 Å². The third-order valence-electron chi connectivity index (χ3n) is 3.29. The molecule has 0 atom stereocenters. The van der Waals surface area contributed by atoms with Gasteiger partial charge in [0.1, 0.15) is 16.5 Å². The van der Waals surface area contributed by atoms with E-state index in [4.69, 9.17) is 9.47 Å². The Hall–Kier alpha value is -3.13. The average molecular weight is 356 g/mol. The van der Waals surface area contributed by atoms with Crippen molar-refractivity contribution in [2.45, 2.75) is 0 Å². The summed E-state index contributed by atoms with van der Waals surface area (Å²) in [5, 5.41) is 14.6. The lowest BCUT2D eigenvalue weighted by atomic mass is 10.2. The molecule has 0 fully saturated rings. The van der Waals surface area contributed by atoms with Crippen LogP contribution in [0.4, 0.5) is 15.6 Å². The number of nitrogens with zero attached hydrogens (tertiary/aromatic N) is 2. The van der Waals surface area contributed by atoms with Crippen molar-refractivity contribution in [3.05, 3.63) is 48.5 Å². The van der Waals surface area contributed by atoms with Crippen molar-refractivity contribution >= 4 is 28.2 Å². The van der Waals surface area contributed by atoms with Crippen LogP contribution in [0.1, 0.15) is 0 Å². The number of anilines is 2. The van der Waals surface area contributed by atoms with Crippen molar-refractivity contribution in [1.82, 2.24) is 10.2 Å². The first-order valence-corrected chi connectivity index (χ1v) is 8.19. The second kappa shape index (κ2) is 7.63. The van der Waals surface area contributed by atoms with E-state index in [1.807, 2.05) is 24.3 Å². The van der Waals surface area contributed by atoms with Crippen LogP contribution in [0.25, 0.3) is 10.6 Å². The topological polar surface area (TPSA) is 85.4 Å². The van der Waals surface area contributed by atoms with Crippen molar-refractivity contribution in [3.8, 4) is 22.1 Å².